The molecule has 3 aromatic carbocycles. The van der Waals surface area contributed by atoms with Crippen LogP contribution in [0.3, 0.4) is 0 Å². The minimum Gasteiger partial charge on any atom is -0.391 e. The molecule has 0 amide bonds. The van der Waals surface area contributed by atoms with Gasteiger partial charge in [0.05, 0.1) is 6.54 Å². The smallest absolute Gasteiger partial charge is 0.143 e. The highest BCUT2D eigenvalue weighted by molar-refractivity contribution is 6.35. The van der Waals surface area contributed by atoms with Crippen LogP contribution in [0.25, 0.3) is 11.1 Å². The largest absolute Gasteiger partial charge is 0.391 e. The maximum absolute atomic E-state index is 6.22. The highest BCUT2D eigenvalue weighted by Gasteiger charge is 2.09. The lowest BCUT2D eigenvalue weighted by molar-refractivity contribution is 0.130. The first kappa shape index (κ1) is 20.1. The fraction of sp³-hybridized carbons (Fsp3) is 0.0870. The molecule has 0 N–H and O–H groups in total. The predicted molar refractivity (Wildman–Crippen MR) is 120 cm³/mol. The Balaban J connectivity index is 1.55. The van der Waals surface area contributed by atoms with E-state index in [0.29, 0.717) is 16.6 Å². The van der Waals surface area contributed by atoms with Gasteiger partial charge in [-0.3, -0.25) is 0 Å². The van der Waals surface area contributed by atoms with E-state index in [9.17, 15) is 0 Å². The second-order valence-electron chi connectivity index (χ2n) is 6.58. The zero-order chi connectivity index (χ0) is 20.8. The average Bonchev–Trinajstić information content (AvgIpc) is 3.28. The SMILES string of the molecule is Clc1ccc(CON=C(Cn2cncn2)c2ccc(-c3ccccc3)cc2)c(Cl)c1. The lowest BCUT2D eigenvalue weighted by atomic mass is 10.0. The van der Waals surface area contributed by atoms with Crippen molar-refractivity contribution in [3.05, 3.63) is 107 Å². The first-order valence-electron chi connectivity index (χ1n) is 9.30. The Bertz CT molecular complexity index is 1130. The Morgan fingerprint density at radius 2 is 1.70 bits per heavy atom. The fourth-order valence-corrected chi connectivity index (χ4v) is 3.41. The van der Waals surface area contributed by atoms with E-state index >= 15 is 0 Å². The van der Waals surface area contributed by atoms with Gasteiger partial charge < -0.3 is 4.84 Å². The van der Waals surface area contributed by atoms with Crippen molar-refractivity contribution in [3.8, 4) is 11.1 Å². The predicted octanol–water partition coefficient (Wildman–Crippen LogP) is 5.87. The molecule has 0 aliphatic heterocycles. The van der Waals surface area contributed by atoms with Crippen molar-refractivity contribution in [2.24, 2.45) is 5.16 Å². The van der Waals surface area contributed by atoms with Gasteiger partial charge in [0.1, 0.15) is 25.0 Å². The van der Waals surface area contributed by atoms with Crippen molar-refractivity contribution in [1.82, 2.24) is 14.8 Å². The van der Waals surface area contributed by atoms with E-state index in [-0.39, 0.29) is 6.61 Å². The number of hydrogen-bond acceptors (Lipinski definition) is 4. The molecule has 150 valence electrons. The zero-order valence-electron chi connectivity index (χ0n) is 16.0. The summed E-state index contributed by atoms with van der Waals surface area (Å²) in [6.07, 6.45) is 3.13. The molecule has 5 nitrogen and oxygen atoms in total. The van der Waals surface area contributed by atoms with E-state index in [1.54, 1.807) is 23.1 Å². The number of nitrogens with zero attached hydrogens (tertiary/aromatic N) is 4. The van der Waals surface area contributed by atoms with Gasteiger partial charge in [0.25, 0.3) is 0 Å². The molecule has 0 radical (unpaired) electrons. The van der Waals surface area contributed by atoms with E-state index in [0.717, 1.165) is 28.0 Å². The minimum absolute atomic E-state index is 0.235. The molecule has 4 aromatic rings. The highest BCUT2D eigenvalue weighted by atomic mass is 35.5. The molecule has 0 fully saturated rings. The van der Waals surface area contributed by atoms with E-state index in [2.05, 4.69) is 39.5 Å². The second-order valence-corrected chi connectivity index (χ2v) is 7.43. The number of rotatable bonds is 7. The summed E-state index contributed by atoms with van der Waals surface area (Å²) in [6, 6.07) is 23.7. The van der Waals surface area contributed by atoms with Gasteiger partial charge in [-0.25, -0.2) is 9.67 Å². The van der Waals surface area contributed by atoms with Crippen LogP contribution in [0, 0.1) is 0 Å². The molecule has 0 saturated heterocycles. The number of halogens is 2. The number of benzene rings is 3. The van der Waals surface area contributed by atoms with Crippen LogP contribution in [0.15, 0.2) is 90.6 Å². The molecular weight excluding hydrogens is 419 g/mol. The van der Waals surface area contributed by atoms with Gasteiger partial charge in [-0.05, 0) is 23.3 Å². The van der Waals surface area contributed by atoms with Gasteiger partial charge in [-0.1, -0.05) is 89.0 Å². The van der Waals surface area contributed by atoms with Gasteiger partial charge in [0, 0.05) is 21.2 Å². The summed E-state index contributed by atoms with van der Waals surface area (Å²) >= 11 is 12.2. The Hall–Kier alpha value is -3.15. The summed E-state index contributed by atoms with van der Waals surface area (Å²) in [5, 5.41) is 9.66. The first-order chi connectivity index (χ1) is 14.7. The third-order valence-corrected chi connectivity index (χ3v) is 5.10. The lowest BCUT2D eigenvalue weighted by Crippen LogP contribution is -2.13. The van der Waals surface area contributed by atoms with Crippen LogP contribution < -0.4 is 0 Å². The van der Waals surface area contributed by atoms with Crippen LogP contribution in [-0.2, 0) is 18.0 Å². The highest BCUT2D eigenvalue weighted by Crippen LogP contribution is 2.22. The molecule has 1 heterocycles. The van der Waals surface area contributed by atoms with Crippen LogP contribution in [0.5, 0.6) is 0 Å². The summed E-state index contributed by atoms with van der Waals surface area (Å²) in [5.74, 6) is 0. The molecule has 0 spiro atoms. The molecule has 30 heavy (non-hydrogen) atoms. The molecular formula is C23H18Cl2N4O. The summed E-state index contributed by atoms with van der Waals surface area (Å²) in [5.41, 5.74) is 4.77. The van der Waals surface area contributed by atoms with Crippen molar-refractivity contribution >= 4 is 28.9 Å². The van der Waals surface area contributed by atoms with Crippen molar-refractivity contribution < 1.29 is 4.84 Å². The maximum atomic E-state index is 6.22. The van der Waals surface area contributed by atoms with E-state index in [4.69, 9.17) is 28.0 Å². The van der Waals surface area contributed by atoms with Gasteiger partial charge >= 0.3 is 0 Å². The Labute approximate surface area is 184 Å². The third-order valence-electron chi connectivity index (χ3n) is 4.51. The Kier molecular flexibility index (Phi) is 6.42. The summed E-state index contributed by atoms with van der Waals surface area (Å²) < 4.78 is 1.70. The van der Waals surface area contributed by atoms with Crippen LogP contribution in [0.4, 0.5) is 0 Å². The molecule has 0 unspecified atom stereocenters. The first-order valence-corrected chi connectivity index (χ1v) is 10.1. The maximum Gasteiger partial charge on any atom is 0.143 e. The van der Waals surface area contributed by atoms with Crippen molar-refractivity contribution in [2.75, 3.05) is 0 Å². The van der Waals surface area contributed by atoms with Gasteiger partial charge in [0.2, 0.25) is 0 Å². The molecule has 0 aliphatic carbocycles. The van der Waals surface area contributed by atoms with Crippen molar-refractivity contribution in [3.63, 3.8) is 0 Å². The van der Waals surface area contributed by atoms with E-state index in [1.807, 2.05) is 36.4 Å². The number of oxime groups is 1. The zero-order valence-corrected chi connectivity index (χ0v) is 17.5. The molecule has 7 heteroatoms. The quantitative estimate of drug-likeness (QED) is 0.268. The fourth-order valence-electron chi connectivity index (χ4n) is 2.94. The summed E-state index contributed by atoms with van der Waals surface area (Å²) in [4.78, 5) is 9.62. The summed E-state index contributed by atoms with van der Waals surface area (Å²) in [7, 11) is 0. The minimum atomic E-state index is 0.235. The Morgan fingerprint density at radius 1 is 0.933 bits per heavy atom. The third kappa shape index (κ3) is 5.06. The normalized spacial score (nSPS) is 11.5. The van der Waals surface area contributed by atoms with E-state index < -0.39 is 0 Å². The van der Waals surface area contributed by atoms with Crippen LogP contribution in [-0.4, -0.2) is 20.5 Å². The van der Waals surface area contributed by atoms with Crippen molar-refractivity contribution in [1.29, 1.82) is 0 Å². The monoisotopic (exact) mass is 436 g/mol. The van der Waals surface area contributed by atoms with Crippen LogP contribution >= 0.6 is 23.2 Å². The standard InChI is InChI=1S/C23H18Cl2N4O/c24-21-11-10-20(22(25)12-21)14-30-28-23(13-29-16-26-15-27-29)19-8-6-18(7-9-19)17-4-2-1-3-5-17/h1-12,15-16H,13-14H2. The van der Waals surface area contributed by atoms with Gasteiger partial charge in [0.15, 0.2) is 0 Å². The van der Waals surface area contributed by atoms with Gasteiger partial charge in [-0.2, -0.15) is 5.10 Å². The molecule has 0 saturated carbocycles. The molecule has 0 aliphatic rings. The molecule has 1 aromatic heterocycles. The summed E-state index contributed by atoms with van der Waals surface area (Å²) in [6.45, 7) is 0.665. The lowest BCUT2D eigenvalue weighted by Gasteiger charge is -2.09. The molecule has 0 bridgehead atoms. The van der Waals surface area contributed by atoms with Gasteiger partial charge in [-0.15, -0.1) is 0 Å². The van der Waals surface area contributed by atoms with Crippen LogP contribution in [0.2, 0.25) is 10.0 Å². The average molecular weight is 437 g/mol. The molecule has 0 atom stereocenters. The number of hydrogen-bond donors (Lipinski definition) is 0. The number of aromatic nitrogens is 3. The van der Waals surface area contributed by atoms with Crippen LogP contribution in [0.1, 0.15) is 11.1 Å². The second kappa shape index (κ2) is 9.57. The Morgan fingerprint density at radius 3 is 2.40 bits per heavy atom. The molecule has 4 rings (SSSR count). The van der Waals surface area contributed by atoms with E-state index in [1.165, 1.54) is 6.33 Å². The topological polar surface area (TPSA) is 52.3 Å². The van der Waals surface area contributed by atoms with Crippen molar-refractivity contribution in [2.45, 2.75) is 13.2 Å².